The summed E-state index contributed by atoms with van der Waals surface area (Å²) in [5.74, 6) is -1.38. The highest BCUT2D eigenvalue weighted by atomic mass is 16.5. The number of methoxy groups -OCH3 is 1. The van der Waals surface area contributed by atoms with Crippen LogP contribution in [0.15, 0.2) is 30.5 Å². The van der Waals surface area contributed by atoms with Gasteiger partial charge in [0.05, 0.1) is 6.61 Å². The number of aromatic amines is 1. The highest BCUT2D eigenvalue weighted by molar-refractivity contribution is 5.86. The van der Waals surface area contributed by atoms with Gasteiger partial charge in [-0.05, 0) is 11.6 Å². The molecule has 112 valence electrons. The molecule has 1 amide bonds. The number of carbonyl (C=O) groups is 2. The fraction of sp³-hybridized carbons (Fsp3) is 0.333. The van der Waals surface area contributed by atoms with Gasteiger partial charge in [0.15, 0.2) is 0 Å². The predicted molar refractivity (Wildman–Crippen MR) is 78.1 cm³/mol. The standard InChI is InChI=1S/C15H18N2O4/c1-21-7-6-14(18)17-13(15(19)20)8-10-9-16-12-5-3-2-4-11(10)12/h2-5,9,13,16H,6-8H2,1H3,(H,17,18)(H,19,20). The number of hydrogen-bond donors (Lipinski definition) is 3. The Labute approximate surface area is 122 Å². The molecule has 1 atom stereocenters. The average molecular weight is 290 g/mol. The predicted octanol–water partition coefficient (Wildman–Crippen LogP) is 1.32. The number of carboxylic acids is 1. The fourth-order valence-electron chi connectivity index (χ4n) is 2.18. The molecule has 1 aromatic heterocycles. The molecule has 0 saturated carbocycles. The minimum atomic E-state index is -1.05. The lowest BCUT2D eigenvalue weighted by Crippen LogP contribution is -2.42. The molecule has 3 N–H and O–H groups in total. The normalized spacial score (nSPS) is 12.2. The monoisotopic (exact) mass is 290 g/mol. The third-order valence-corrected chi connectivity index (χ3v) is 3.27. The van der Waals surface area contributed by atoms with Gasteiger partial charge in [-0.25, -0.2) is 4.79 Å². The number of aliphatic carboxylic acids is 1. The molecule has 0 saturated heterocycles. The van der Waals surface area contributed by atoms with E-state index in [1.807, 2.05) is 24.3 Å². The molecule has 2 rings (SSSR count). The minimum absolute atomic E-state index is 0.147. The fourth-order valence-corrected chi connectivity index (χ4v) is 2.18. The molecule has 0 aliphatic rings. The number of amides is 1. The third kappa shape index (κ3) is 3.82. The van der Waals surface area contributed by atoms with Gasteiger partial charge >= 0.3 is 5.97 Å². The first-order chi connectivity index (χ1) is 10.1. The molecule has 0 spiro atoms. The number of ether oxygens (including phenoxy) is 1. The highest BCUT2D eigenvalue weighted by Crippen LogP contribution is 2.19. The molecule has 2 aromatic rings. The Morgan fingerprint density at radius 1 is 1.38 bits per heavy atom. The van der Waals surface area contributed by atoms with Gasteiger partial charge in [0.25, 0.3) is 0 Å². The zero-order chi connectivity index (χ0) is 15.2. The van der Waals surface area contributed by atoms with Crippen molar-refractivity contribution in [3.63, 3.8) is 0 Å². The van der Waals surface area contributed by atoms with Gasteiger partial charge in [0.2, 0.25) is 5.91 Å². The molecule has 6 nitrogen and oxygen atoms in total. The summed E-state index contributed by atoms with van der Waals surface area (Å²) in [4.78, 5) is 26.1. The second kappa shape index (κ2) is 6.90. The summed E-state index contributed by atoms with van der Waals surface area (Å²) >= 11 is 0. The van der Waals surface area contributed by atoms with Crippen LogP contribution in [0.4, 0.5) is 0 Å². The molecule has 0 aliphatic carbocycles. The van der Waals surface area contributed by atoms with Gasteiger partial charge in [-0.1, -0.05) is 18.2 Å². The second-order valence-corrected chi connectivity index (χ2v) is 4.76. The number of hydrogen-bond acceptors (Lipinski definition) is 3. The topological polar surface area (TPSA) is 91.4 Å². The van der Waals surface area contributed by atoms with E-state index in [2.05, 4.69) is 10.3 Å². The lowest BCUT2D eigenvalue weighted by Gasteiger charge is -2.14. The SMILES string of the molecule is COCCC(=O)NC(Cc1c[nH]c2ccccc12)C(=O)O. The summed E-state index contributed by atoms with van der Waals surface area (Å²) in [6.45, 7) is 0.269. The molecular formula is C15H18N2O4. The van der Waals surface area contributed by atoms with E-state index >= 15 is 0 Å². The molecule has 1 heterocycles. The van der Waals surface area contributed by atoms with E-state index in [1.165, 1.54) is 7.11 Å². The van der Waals surface area contributed by atoms with Gasteiger partial charge in [0, 0.05) is 37.1 Å². The van der Waals surface area contributed by atoms with Crippen LogP contribution in [0.1, 0.15) is 12.0 Å². The van der Waals surface area contributed by atoms with Crippen LogP contribution in [0, 0.1) is 0 Å². The second-order valence-electron chi connectivity index (χ2n) is 4.76. The first kappa shape index (κ1) is 15.1. The summed E-state index contributed by atoms with van der Waals surface area (Å²) in [5, 5.41) is 12.8. The van der Waals surface area contributed by atoms with Crippen molar-refractivity contribution in [1.82, 2.24) is 10.3 Å². The zero-order valence-corrected chi connectivity index (χ0v) is 11.8. The summed E-state index contributed by atoms with van der Waals surface area (Å²) in [6, 6.07) is 6.70. The van der Waals surface area contributed by atoms with Crippen molar-refractivity contribution in [2.24, 2.45) is 0 Å². The van der Waals surface area contributed by atoms with Gasteiger partial charge in [-0.2, -0.15) is 0 Å². The van der Waals surface area contributed by atoms with Crippen molar-refractivity contribution in [2.75, 3.05) is 13.7 Å². The van der Waals surface area contributed by atoms with Crippen molar-refractivity contribution in [1.29, 1.82) is 0 Å². The zero-order valence-electron chi connectivity index (χ0n) is 11.8. The van der Waals surface area contributed by atoms with E-state index in [1.54, 1.807) is 6.20 Å². The van der Waals surface area contributed by atoms with E-state index in [0.717, 1.165) is 16.5 Å². The lowest BCUT2D eigenvalue weighted by molar-refractivity contribution is -0.141. The molecule has 1 unspecified atom stereocenters. The van der Waals surface area contributed by atoms with Crippen LogP contribution < -0.4 is 5.32 Å². The number of para-hydroxylation sites is 1. The number of benzene rings is 1. The van der Waals surface area contributed by atoms with Crippen molar-refractivity contribution in [3.05, 3.63) is 36.0 Å². The maximum Gasteiger partial charge on any atom is 0.326 e. The van der Waals surface area contributed by atoms with Gasteiger partial charge in [-0.3, -0.25) is 4.79 Å². The summed E-state index contributed by atoms with van der Waals surface area (Å²) in [5.41, 5.74) is 1.81. The molecule has 1 aromatic carbocycles. The summed E-state index contributed by atoms with van der Waals surface area (Å²) in [6.07, 6.45) is 2.16. The van der Waals surface area contributed by atoms with Crippen LogP contribution in [0.3, 0.4) is 0 Å². The minimum Gasteiger partial charge on any atom is -0.480 e. The first-order valence-electron chi connectivity index (χ1n) is 6.68. The van der Waals surface area contributed by atoms with Crippen LogP contribution in [0.5, 0.6) is 0 Å². The van der Waals surface area contributed by atoms with Crippen LogP contribution >= 0.6 is 0 Å². The Hall–Kier alpha value is -2.34. The quantitative estimate of drug-likeness (QED) is 0.717. The Kier molecular flexibility index (Phi) is 4.94. The smallest absolute Gasteiger partial charge is 0.326 e. The molecular weight excluding hydrogens is 272 g/mol. The molecule has 0 aliphatic heterocycles. The first-order valence-corrected chi connectivity index (χ1v) is 6.68. The van der Waals surface area contributed by atoms with Crippen molar-refractivity contribution >= 4 is 22.8 Å². The number of aromatic nitrogens is 1. The van der Waals surface area contributed by atoms with E-state index in [9.17, 15) is 14.7 Å². The number of H-pyrrole nitrogens is 1. The molecule has 21 heavy (non-hydrogen) atoms. The molecule has 0 radical (unpaired) electrons. The van der Waals surface area contributed by atoms with Crippen molar-refractivity contribution < 1.29 is 19.4 Å². The van der Waals surface area contributed by atoms with E-state index in [-0.39, 0.29) is 25.4 Å². The summed E-state index contributed by atoms with van der Waals surface area (Å²) < 4.78 is 4.80. The van der Waals surface area contributed by atoms with Crippen LogP contribution in [0.25, 0.3) is 10.9 Å². The number of nitrogens with one attached hydrogen (secondary N) is 2. The van der Waals surface area contributed by atoms with Crippen molar-refractivity contribution in [3.8, 4) is 0 Å². The largest absolute Gasteiger partial charge is 0.480 e. The highest BCUT2D eigenvalue weighted by Gasteiger charge is 2.21. The number of fused-ring (bicyclic) bond motifs is 1. The Bertz CT molecular complexity index is 635. The number of carbonyl (C=O) groups excluding carboxylic acids is 1. The maximum atomic E-state index is 11.6. The third-order valence-electron chi connectivity index (χ3n) is 3.27. The van der Waals surface area contributed by atoms with E-state index in [0.29, 0.717) is 0 Å². The van der Waals surface area contributed by atoms with E-state index < -0.39 is 12.0 Å². The number of carboxylic acid groups (broad SMARTS) is 1. The molecule has 6 heteroatoms. The van der Waals surface area contributed by atoms with E-state index in [4.69, 9.17) is 4.74 Å². The Balaban J connectivity index is 2.09. The van der Waals surface area contributed by atoms with Gasteiger partial charge in [-0.15, -0.1) is 0 Å². The summed E-state index contributed by atoms with van der Waals surface area (Å²) in [7, 11) is 1.49. The number of rotatable bonds is 7. The average Bonchev–Trinajstić information content (AvgIpc) is 2.87. The van der Waals surface area contributed by atoms with Crippen molar-refractivity contribution in [2.45, 2.75) is 18.9 Å². The Morgan fingerprint density at radius 2 is 2.14 bits per heavy atom. The van der Waals surface area contributed by atoms with Crippen LogP contribution in [-0.2, 0) is 20.7 Å². The lowest BCUT2D eigenvalue weighted by atomic mass is 10.0. The Morgan fingerprint density at radius 3 is 2.86 bits per heavy atom. The van der Waals surface area contributed by atoms with Gasteiger partial charge in [0.1, 0.15) is 6.04 Å². The van der Waals surface area contributed by atoms with Gasteiger partial charge < -0.3 is 20.1 Å². The maximum absolute atomic E-state index is 11.6. The molecule has 0 fully saturated rings. The van der Waals surface area contributed by atoms with Crippen LogP contribution in [-0.4, -0.2) is 41.7 Å². The van der Waals surface area contributed by atoms with Crippen LogP contribution in [0.2, 0.25) is 0 Å². The molecule has 0 bridgehead atoms.